The molecule has 0 spiro atoms. The summed E-state index contributed by atoms with van der Waals surface area (Å²) in [7, 11) is -3.86. The number of hydrogen-bond acceptors (Lipinski definition) is 6. The first-order valence-electron chi connectivity index (χ1n) is 9.33. The lowest BCUT2D eigenvalue weighted by Gasteiger charge is -2.35. The van der Waals surface area contributed by atoms with Gasteiger partial charge in [-0.1, -0.05) is 29.8 Å². The molecular weight excluding hydrogens is 428 g/mol. The number of aryl methyl sites for hydroxylation is 1. The molecule has 2 aromatic carbocycles. The second kappa shape index (κ2) is 7.82. The Labute approximate surface area is 178 Å². The van der Waals surface area contributed by atoms with Crippen LogP contribution in [0.5, 0.6) is 0 Å². The molecule has 0 aliphatic carbocycles. The van der Waals surface area contributed by atoms with Crippen LogP contribution < -0.4 is 4.90 Å². The minimum atomic E-state index is -3.86. The summed E-state index contributed by atoms with van der Waals surface area (Å²) in [4.78, 5) is 17.0. The van der Waals surface area contributed by atoms with Crippen molar-refractivity contribution in [1.29, 1.82) is 0 Å². The van der Waals surface area contributed by atoms with E-state index in [-0.39, 0.29) is 23.0 Å². The molecule has 10 heteroatoms. The summed E-state index contributed by atoms with van der Waals surface area (Å²) in [6, 6.07) is 13.5. The van der Waals surface area contributed by atoms with Gasteiger partial charge in [0.1, 0.15) is 10.8 Å². The van der Waals surface area contributed by atoms with Gasteiger partial charge >= 0.3 is 0 Å². The molecule has 156 valence electrons. The maximum Gasteiger partial charge on any atom is 0.289 e. The van der Waals surface area contributed by atoms with E-state index in [0.717, 1.165) is 28.4 Å². The van der Waals surface area contributed by atoms with Gasteiger partial charge in [0.25, 0.3) is 5.69 Å². The Kier molecular flexibility index (Phi) is 5.35. The zero-order valence-electron chi connectivity index (χ0n) is 16.2. The molecule has 1 aliphatic rings. The van der Waals surface area contributed by atoms with Crippen LogP contribution in [0.25, 0.3) is 10.9 Å². The molecular formula is C20H19ClN4O4S. The van der Waals surface area contributed by atoms with Gasteiger partial charge in [-0.05, 0) is 36.8 Å². The molecule has 0 saturated carbocycles. The van der Waals surface area contributed by atoms with Crippen molar-refractivity contribution in [2.45, 2.75) is 11.8 Å². The van der Waals surface area contributed by atoms with Gasteiger partial charge in [-0.25, -0.2) is 13.4 Å². The van der Waals surface area contributed by atoms with Crippen LogP contribution in [0.4, 0.5) is 11.5 Å². The predicted molar refractivity (Wildman–Crippen MR) is 116 cm³/mol. The van der Waals surface area contributed by atoms with Crippen LogP contribution >= 0.6 is 11.6 Å². The summed E-state index contributed by atoms with van der Waals surface area (Å²) in [5.41, 5.74) is 1.59. The van der Waals surface area contributed by atoms with Crippen molar-refractivity contribution >= 4 is 44.0 Å². The zero-order chi connectivity index (χ0) is 21.5. The van der Waals surface area contributed by atoms with Crippen LogP contribution in [0.3, 0.4) is 0 Å². The first kappa shape index (κ1) is 20.5. The van der Waals surface area contributed by atoms with Crippen molar-refractivity contribution in [2.75, 3.05) is 31.1 Å². The number of fused-ring (bicyclic) bond motifs is 1. The highest BCUT2D eigenvalue weighted by molar-refractivity contribution is 7.89. The van der Waals surface area contributed by atoms with E-state index in [2.05, 4.69) is 4.90 Å². The molecule has 1 saturated heterocycles. The average Bonchev–Trinajstić information content (AvgIpc) is 2.74. The van der Waals surface area contributed by atoms with Crippen molar-refractivity contribution in [3.05, 3.63) is 69.2 Å². The number of nitro benzene ring substituents is 1. The third-order valence-corrected chi connectivity index (χ3v) is 7.44. The number of aromatic nitrogens is 1. The molecule has 30 heavy (non-hydrogen) atoms. The molecule has 8 nitrogen and oxygen atoms in total. The molecule has 3 aromatic rings. The summed E-state index contributed by atoms with van der Waals surface area (Å²) in [6.07, 6.45) is 0. The molecule has 0 radical (unpaired) electrons. The number of piperazine rings is 1. The van der Waals surface area contributed by atoms with Crippen LogP contribution in [-0.4, -0.2) is 48.8 Å². The number of hydrogen-bond donors (Lipinski definition) is 0. The number of halogens is 1. The fourth-order valence-corrected chi connectivity index (χ4v) is 5.22. The lowest BCUT2D eigenvalue weighted by molar-refractivity contribution is -0.384. The summed E-state index contributed by atoms with van der Waals surface area (Å²) < 4.78 is 27.3. The fraction of sp³-hybridized carbons (Fsp3) is 0.250. The number of para-hydroxylation sites is 1. The Hall–Kier alpha value is -2.75. The fourth-order valence-electron chi connectivity index (χ4n) is 3.59. The second-order valence-corrected chi connectivity index (χ2v) is 9.42. The molecule has 1 fully saturated rings. The van der Waals surface area contributed by atoms with Crippen LogP contribution in [0, 0.1) is 17.0 Å². The average molecular weight is 447 g/mol. The molecule has 0 N–H and O–H groups in total. The molecule has 0 unspecified atom stereocenters. The standard InChI is InChI=1S/C20H19ClN4O4S/c1-14-12-20(22-18-5-3-2-4-16(14)18)23-8-10-24(11-9-23)30(28,29)15-6-7-17(21)19(13-15)25(26)27/h2-7,12-13H,8-11H2,1H3. The molecule has 0 atom stereocenters. The number of pyridine rings is 1. The van der Waals surface area contributed by atoms with Crippen LogP contribution in [0.15, 0.2) is 53.4 Å². The van der Waals surface area contributed by atoms with Crippen LogP contribution in [-0.2, 0) is 10.0 Å². The van der Waals surface area contributed by atoms with Gasteiger partial charge in [0.15, 0.2) is 0 Å². The molecule has 4 rings (SSSR count). The number of sulfonamides is 1. The summed E-state index contributed by atoms with van der Waals surface area (Å²) >= 11 is 5.80. The first-order chi connectivity index (χ1) is 14.3. The highest BCUT2D eigenvalue weighted by atomic mass is 35.5. The first-order valence-corrected chi connectivity index (χ1v) is 11.1. The Bertz CT molecular complexity index is 1240. The Morgan fingerprint density at radius 3 is 2.47 bits per heavy atom. The zero-order valence-corrected chi connectivity index (χ0v) is 17.7. The topological polar surface area (TPSA) is 96.7 Å². The van der Waals surface area contributed by atoms with E-state index in [4.69, 9.17) is 16.6 Å². The van der Waals surface area contributed by atoms with E-state index in [9.17, 15) is 18.5 Å². The smallest absolute Gasteiger partial charge is 0.289 e. The van der Waals surface area contributed by atoms with Crippen molar-refractivity contribution in [1.82, 2.24) is 9.29 Å². The molecule has 1 aliphatic heterocycles. The summed E-state index contributed by atoms with van der Waals surface area (Å²) in [5, 5.41) is 12.1. The molecule has 2 heterocycles. The van der Waals surface area contributed by atoms with Crippen LogP contribution in [0.2, 0.25) is 5.02 Å². The second-order valence-electron chi connectivity index (χ2n) is 7.08. The van der Waals surface area contributed by atoms with Gasteiger partial charge < -0.3 is 4.90 Å². The summed E-state index contributed by atoms with van der Waals surface area (Å²) in [6.45, 7) is 3.49. The molecule has 0 amide bonds. The number of nitro groups is 1. The molecule has 1 aromatic heterocycles. The van der Waals surface area contributed by atoms with E-state index in [1.165, 1.54) is 16.4 Å². The minimum absolute atomic E-state index is 0.0958. The Morgan fingerprint density at radius 2 is 1.77 bits per heavy atom. The lowest BCUT2D eigenvalue weighted by Crippen LogP contribution is -2.48. The highest BCUT2D eigenvalue weighted by Gasteiger charge is 2.30. The van der Waals surface area contributed by atoms with Gasteiger partial charge in [0.05, 0.1) is 15.3 Å². The molecule has 0 bridgehead atoms. The van der Waals surface area contributed by atoms with Crippen molar-refractivity contribution in [3.8, 4) is 0 Å². The van der Waals surface area contributed by atoms with Gasteiger partial charge in [-0.15, -0.1) is 0 Å². The number of rotatable bonds is 4. The van der Waals surface area contributed by atoms with Crippen molar-refractivity contribution in [3.63, 3.8) is 0 Å². The maximum absolute atomic E-state index is 13.0. The third-order valence-electron chi connectivity index (χ3n) is 5.22. The van der Waals surface area contributed by atoms with E-state index < -0.39 is 20.6 Å². The monoisotopic (exact) mass is 446 g/mol. The van der Waals surface area contributed by atoms with Crippen molar-refractivity contribution in [2.24, 2.45) is 0 Å². The van der Waals surface area contributed by atoms with Gasteiger partial charge in [0, 0.05) is 37.6 Å². The number of benzene rings is 2. The van der Waals surface area contributed by atoms with E-state index >= 15 is 0 Å². The summed E-state index contributed by atoms with van der Waals surface area (Å²) in [5.74, 6) is 0.811. The van der Waals surface area contributed by atoms with Crippen molar-refractivity contribution < 1.29 is 13.3 Å². The van der Waals surface area contributed by atoms with E-state index in [1.807, 2.05) is 37.3 Å². The third kappa shape index (κ3) is 3.71. The lowest BCUT2D eigenvalue weighted by atomic mass is 10.1. The normalized spacial score (nSPS) is 15.5. The quantitative estimate of drug-likeness (QED) is 0.448. The van der Waals surface area contributed by atoms with E-state index in [1.54, 1.807) is 0 Å². The minimum Gasteiger partial charge on any atom is -0.354 e. The van der Waals surface area contributed by atoms with E-state index in [0.29, 0.717) is 13.1 Å². The largest absolute Gasteiger partial charge is 0.354 e. The van der Waals surface area contributed by atoms with Gasteiger partial charge in [-0.2, -0.15) is 4.31 Å². The number of anilines is 1. The maximum atomic E-state index is 13.0. The SMILES string of the molecule is Cc1cc(N2CCN(S(=O)(=O)c3ccc(Cl)c([N+](=O)[O-])c3)CC2)nc2ccccc12. The Balaban J connectivity index is 1.54. The Morgan fingerprint density at radius 1 is 1.07 bits per heavy atom. The number of nitrogens with zero attached hydrogens (tertiary/aromatic N) is 4. The van der Waals surface area contributed by atoms with Gasteiger partial charge in [0.2, 0.25) is 10.0 Å². The predicted octanol–water partition coefficient (Wildman–Crippen LogP) is 3.62. The van der Waals surface area contributed by atoms with Crippen LogP contribution in [0.1, 0.15) is 5.56 Å². The highest BCUT2D eigenvalue weighted by Crippen LogP contribution is 2.29. The van der Waals surface area contributed by atoms with Gasteiger partial charge in [-0.3, -0.25) is 10.1 Å².